The van der Waals surface area contributed by atoms with Gasteiger partial charge in [0.05, 0.1) is 40.9 Å². The van der Waals surface area contributed by atoms with E-state index in [0.717, 1.165) is 0 Å². The molecule has 1 saturated carbocycles. The lowest BCUT2D eigenvalue weighted by Gasteiger charge is -2.50. The van der Waals surface area contributed by atoms with Gasteiger partial charge >= 0.3 is 6.18 Å². The van der Waals surface area contributed by atoms with E-state index >= 15 is 4.79 Å². The molecule has 7 rings (SSSR count). The predicted molar refractivity (Wildman–Crippen MR) is 186 cm³/mol. The number of carbonyl (C=O) groups is 4. The normalized spacial score (nSPS) is 27.0. The van der Waals surface area contributed by atoms with Crippen LogP contribution in [-0.2, 0) is 30.8 Å². The molecular weight excluding hydrogens is 792 g/mol. The number of ether oxygens (including phenoxy) is 1. The molecule has 6 unspecified atom stereocenters. The Morgan fingerprint density at radius 1 is 1.06 bits per heavy atom. The number of hydrogen-bond donors (Lipinski definition) is 2. The first kappa shape index (κ1) is 36.2. The van der Waals surface area contributed by atoms with Gasteiger partial charge in [-0.1, -0.05) is 69.8 Å². The van der Waals surface area contributed by atoms with Gasteiger partial charge in [0.1, 0.15) is 0 Å². The van der Waals surface area contributed by atoms with Crippen molar-refractivity contribution in [3.05, 3.63) is 91.5 Å². The Morgan fingerprint density at radius 3 is 2.40 bits per heavy atom. The topological polar surface area (TPSA) is 129 Å². The summed E-state index contributed by atoms with van der Waals surface area (Å²) in [6.07, 6.45) is -1.71. The Kier molecular flexibility index (Phi) is 9.10. The maximum absolute atomic E-state index is 15.3. The highest BCUT2D eigenvalue weighted by molar-refractivity contribution is 9.10. The molecule has 272 valence electrons. The average Bonchev–Trinajstić information content (AvgIpc) is 3.47. The van der Waals surface area contributed by atoms with Crippen molar-refractivity contribution < 1.29 is 42.2 Å². The lowest BCUT2D eigenvalue weighted by atomic mass is 9.49. The van der Waals surface area contributed by atoms with E-state index in [0.29, 0.717) is 44.3 Å². The number of rotatable bonds is 7. The number of methoxy groups -OCH3 is 1. The molecule has 2 aromatic carbocycles. The molecule has 1 aromatic heterocycles. The first-order chi connectivity index (χ1) is 24.6. The van der Waals surface area contributed by atoms with E-state index in [2.05, 4.69) is 26.3 Å². The van der Waals surface area contributed by atoms with E-state index in [-0.39, 0.29) is 54.1 Å². The average molecular weight is 822 g/mol. The molecule has 0 spiro atoms. The van der Waals surface area contributed by atoms with Crippen LogP contribution in [0.3, 0.4) is 0 Å². The monoisotopic (exact) mass is 820 g/mol. The third kappa shape index (κ3) is 5.39. The van der Waals surface area contributed by atoms with Crippen molar-refractivity contribution in [2.24, 2.45) is 23.7 Å². The number of phenolic OH excluding ortho intramolecular Hbond substituents is 1. The number of nitrogens with zero attached hydrogens (tertiary/aromatic N) is 3. The fourth-order valence-corrected chi connectivity index (χ4v) is 9.40. The summed E-state index contributed by atoms with van der Waals surface area (Å²) in [4.78, 5) is 62.7. The maximum atomic E-state index is 15.3. The Balaban J connectivity index is 1.47. The Morgan fingerprint density at radius 2 is 1.77 bits per heavy atom. The third-order valence-corrected chi connectivity index (χ3v) is 11.7. The standard InChI is InChI=1S/C36H30BrCl2F3N4O6/c1-3-10-45-31(48)21-9-8-20-22(27(21)33(45)50)14-24-32(49)46(44-30-25(39)11-17(15-43-30)36(40,41)42)34(51)35(24,16-4-6-19(38)7-5-16)28(20)23-12-18(37)13-26(52-2)29(23)47/h4-8,11-13,15,21-22,24,27-28,47H,3,9-10,14H2,1-2H3,(H,43,44). The van der Waals surface area contributed by atoms with Gasteiger partial charge in [-0.25, -0.2) is 4.98 Å². The third-order valence-electron chi connectivity index (χ3n) is 10.7. The van der Waals surface area contributed by atoms with Crippen LogP contribution in [-0.4, -0.2) is 57.3 Å². The first-order valence-corrected chi connectivity index (χ1v) is 17.9. The number of imide groups is 2. The zero-order chi connectivity index (χ0) is 37.4. The van der Waals surface area contributed by atoms with Gasteiger partial charge in [0.25, 0.3) is 11.8 Å². The number of hydrogen-bond acceptors (Lipinski definition) is 8. The van der Waals surface area contributed by atoms with Crippen LogP contribution in [0, 0.1) is 23.7 Å². The second kappa shape index (κ2) is 13.1. The van der Waals surface area contributed by atoms with Gasteiger partial charge < -0.3 is 9.84 Å². The summed E-state index contributed by atoms with van der Waals surface area (Å²) in [5.74, 6) is -7.44. The molecule has 4 aliphatic rings. The number of nitrogens with one attached hydrogen (secondary N) is 1. The van der Waals surface area contributed by atoms with Crippen molar-refractivity contribution in [1.29, 1.82) is 0 Å². The summed E-state index contributed by atoms with van der Waals surface area (Å²) in [5.41, 5.74) is 0.772. The van der Waals surface area contributed by atoms with Gasteiger partial charge in [-0.2, -0.15) is 18.2 Å². The van der Waals surface area contributed by atoms with Crippen LogP contribution >= 0.6 is 39.1 Å². The summed E-state index contributed by atoms with van der Waals surface area (Å²) < 4.78 is 46.3. The molecule has 52 heavy (non-hydrogen) atoms. The van der Waals surface area contributed by atoms with Crippen molar-refractivity contribution in [2.45, 2.75) is 43.7 Å². The molecule has 4 amide bonds. The Hall–Kier alpha value is -4.14. The number of anilines is 1. The Labute approximate surface area is 314 Å². The van der Waals surface area contributed by atoms with Crippen LogP contribution in [0.15, 0.2) is 64.8 Å². The van der Waals surface area contributed by atoms with Gasteiger partial charge in [0.15, 0.2) is 17.3 Å². The molecule has 3 aromatic rings. The van der Waals surface area contributed by atoms with Gasteiger partial charge in [-0.3, -0.25) is 29.5 Å². The van der Waals surface area contributed by atoms with Crippen LogP contribution in [0.1, 0.15) is 48.8 Å². The number of fused-ring (bicyclic) bond motifs is 4. The van der Waals surface area contributed by atoms with E-state index < -0.39 is 63.6 Å². The van der Waals surface area contributed by atoms with Gasteiger partial charge in [0, 0.05) is 33.7 Å². The van der Waals surface area contributed by atoms with Crippen LogP contribution in [0.2, 0.25) is 10.0 Å². The Bertz CT molecular complexity index is 2060. The molecule has 10 nitrogen and oxygen atoms in total. The summed E-state index contributed by atoms with van der Waals surface area (Å²) in [5, 5.41) is 12.3. The van der Waals surface area contributed by atoms with E-state index in [4.69, 9.17) is 27.9 Å². The van der Waals surface area contributed by atoms with E-state index in [1.807, 2.05) is 13.0 Å². The molecule has 2 saturated heterocycles. The molecule has 0 bridgehead atoms. The number of carbonyl (C=O) groups excluding carboxylic acids is 4. The maximum Gasteiger partial charge on any atom is 0.417 e. The predicted octanol–water partition coefficient (Wildman–Crippen LogP) is 7.28. The van der Waals surface area contributed by atoms with Crippen LogP contribution < -0.4 is 10.2 Å². The molecule has 6 atom stereocenters. The minimum absolute atomic E-state index is 0.0477. The summed E-state index contributed by atoms with van der Waals surface area (Å²) in [6, 6.07) is 10.1. The van der Waals surface area contributed by atoms with Crippen LogP contribution in [0.4, 0.5) is 19.0 Å². The van der Waals surface area contributed by atoms with Crippen LogP contribution in [0.5, 0.6) is 11.5 Å². The van der Waals surface area contributed by atoms with Crippen molar-refractivity contribution in [2.75, 3.05) is 19.1 Å². The second-order valence-corrected chi connectivity index (χ2v) is 15.1. The second-order valence-electron chi connectivity index (χ2n) is 13.3. The number of aromatic hydroxyl groups is 1. The fraction of sp³-hybridized carbons (Fsp3) is 0.361. The summed E-state index contributed by atoms with van der Waals surface area (Å²) in [7, 11) is 1.36. The van der Waals surface area contributed by atoms with E-state index in [1.54, 1.807) is 30.3 Å². The number of aromatic nitrogens is 1. The number of likely N-dealkylation sites (tertiary alicyclic amines) is 1. The van der Waals surface area contributed by atoms with Crippen molar-refractivity contribution in [3.63, 3.8) is 0 Å². The number of allylic oxidation sites excluding steroid dienone is 2. The van der Waals surface area contributed by atoms with Crippen molar-refractivity contribution >= 4 is 68.6 Å². The number of alkyl halides is 3. The first-order valence-electron chi connectivity index (χ1n) is 16.4. The molecule has 3 fully saturated rings. The lowest BCUT2D eigenvalue weighted by molar-refractivity contribution is -0.141. The highest BCUT2D eigenvalue weighted by Crippen LogP contribution is 2.65. The SMILES string of the molecule is CCCN1C(=O)C2CC=C3C(CC4C(=O)N(Nc5ncc(C(F)(F)F)cc5Cl)C(=O)C4(c4ccc(Cl)cc4)C3c3cc(Br)cc(OC)c3O)C2C1=O. The molecular formula is C36H30BrCl2F3N4O6. The molecule has 16 heteroatoms. The molecule has 2 aliphatic carbocycles. The molecule has 3 heterocycles. The number of halogens is 6. The summed E-state index contributed by atoms with van der Waals surface area (Å²) >= 11 is 16.0. The zero-order valence-corrected chi connectivity index (χ0v) is 30.6. The highest BCUT2D eigenvalue weighted by Gasteiger charge is 2.70. The highest BCUT2D eigenvalue weighted by atomic mass is 79.9. The van der Waals surface area contributed by atoms with Gasteiger partial charge in [0.2, 0.25) is 11.8 Å². The summed E-state index contributed by atoms with van der Waals surface area (Å²) in [6.45, 7) is 2.09. The lowest BCUT2D eigenvalue weighted by Crippen LogP contribution is -2.53. The van der Waals surface area contributed by atoms with Crippen molar-refractivity contribution in [3.8, 4) is 11.5 Å². The van der Waals surface area contributed by atoms with Crippen LogP contribution in [0.25, 0.3) is 0 Å². The van der Waals surface area contributed by atoms with Crippen molar-refractivity contribution in [1.82, 2.24) is 14.9 Å². The minimum atomic E-state index is -4.75. The number of hydrazine groups is 1. The van der Waals surface area contributed by atoms with E-state index in [1.165, 1.54) is 18.1 Å². The molecule has 2 aliphatic heterocycles. The quantitative estimate of drug-likeness (QED) is 0.188. The number of amides is 4. The van der Waals surface area contributed by atoms with E-state index in [9.17, 15) is 32.7 Å². The molecule has 0 radical (unpaired) electrons. The van der Waals surface area contributed by atoms with Gasteiger partial charge in [-0.05, 0) is 61.1 Å². The largest absolute Gasteiger partial charge is 0.504 e. The number of benzene rings is 2. The smallest absolute Gasteiger partial charge is 0.417 e. The minimum Gasteiger partial charge on any atom is -0.504 e. The zero-order valence-electron chi connectivity index (χ0n) is 27.5. The fourth-order valence-electron chi connectivity index (χ4n) is 8.61. The number of pyridine rings is 1. The molecule has 2 N–H and O–H groups in total. The number of phenols is 1. The van der Waals surface area contributed by atoms with Gasteiger partial charge in [-0.15, -0.1) is 0 Å².